The number of aromatic nitrogens is 3. The van der Waals surface area contributed by atoms with Gasteiger partial charge in [-0.15, -0.1) is 0 Å². The molecule has 2 unspecified atom stereocenters. The molecule has 6 rings (SSSR count). The summed E-state index contributed by atoms with van der Waals surface area (Å²) in [6, 6.07) is 5.96. The molecule has 4 bridgehead atoms. The average molecular weight is 419 g/mol. The number of rotatable bonds is 7. The number of ketones is 1. The second-order valence-corrected chi connectivity index (χ2v) is 9.19. The molecule has 4 saturated carbocycles. The molecular weight excluding hydrogens is 392 g/mol. The number of carbonyl (C=O) groups is 1. The van der Waals surface area contributed by atoms with E-state index in [1.54, 1.807) is 19.5 Å². The Morgan fingerprint density at radius 2 is 2.03 bits per heavy atom. The number of pyridine rings is 1. The SMILES string of the molecule is COc1ncccc1CNc1ncc(C#N)c(NCC23CC4C[C@H](C2)C(=O)[C@@H](C4)C3)n1. The first-order valence-corrected chi connectivity index (χ1v) is 10.9. The number of ether oxygens (including phenoxy) is 1. The maximum Gasteiger partial charge on any atom is 0.224 e. The van der Waals surface area contributed by atoms with Gasteiger partial charge in [0, 0.05) is 36.7 Å². The first-order valence-electron chi connectivity index (χ1n) is 10.9. The molecule has 0 radical (unpaired) electrons. The fraction of sp³-hybridized carbons (Fsp3) is 0.522. The van der Waals surface area contributed by atoms with Crippen molar-refractivity contribution in [3.63, 3.8) is 0 Å². The third kappa shape index (κ3) is 3.69. The highest BCUT2D eigenvalue weighted by Crippen LogP contribution is 2.58. The Labute approximate surface area is 181 Å². The predicted octanol–water partition coefficient (Wildman–Crippen LogP) is 3.17. The van der Waals surface area contributed by atoms with Crippen LogP contribution in [0.2, 0.25) is 0 Å². The Hall–Kier alpha value is -3.21. The van der Waals surface area contributed by atoms with Crippen molar-refractivity contribution in [1.82, 2.24) is 15.0 Å². The highest BCUT2D eigenvalue weighted by Gasteiger charge is 2.54. The van der Waals surface area contributed by atoms with Crippen molar-refractivity contribution in [3.05, 3.63) is 35.7 Å². The molecule has 0 aliphatic heterocycles. The second-order valence-electron chi connectivity index (χ2n) is 9.19. The molecule has 4 atom stereocenters. The molecule has 2 aromatic rings. The van der Waals surface area contributed by atoms with Crippen LogP contribution in [0, 0.1) is 34.5 Å². The minimum Gasteiger partial charge on any atom is -0.481 e. The van der Waals surface area contributed by atoms with Crippen LogP contribution in [0.5, 0.6) is 5.88 Å². The quantitative estimate of drug-likeness (QED) is 0.705. The summed E-state index contributed by atoms with van der Waals surface area (Å²) in [5, 5.41) is 16.1. The van der Waals surface area contributed by atoms with Crippen LogP contribution in [-0.2, 0) is 11.3 Å². The summed E-state index contributed by atoms with van der Waals surface area (Å²) >= 11 is 0. The van der Waals surface area contributed by atoms with Crippen molar-refractivity contribution in [1.29, 1.82) is 5.26 Å². The summed E-state index contributed by atoms with van der Waals surface area (Å²) in [7, 11) is 1.59. The van der Waals surface area contributed by atoms with E-state index in [2.05, 4.69) is 31.7 Å². The number of Topliss-reactive ketones (excluding diaryl/α,β-unsaturated/α-hetero) is 1. The zero-order chi connectivity index (χ0) is 21.4. The van der Waals surface area contributed by atoms with Gasteiger partial charge in [0.15, 0.2) is 0 Å². The van der Waals surface area contributed by atoms with E-state index in [0.717, 1.165) is 37.8 Å². The van der Waals surface area contributed by atoms with Crippen LogP contribution in [0.15, 0.2) is 24.5 Å². The number of hydrogen-bond acceptors (Lipinski definition) is 8. The number of carbonyl (C=O) groups excluding carboxylic acids is 1. The topological polar surface area (TPSA) is 113 Å². The van der Waals surface area contributed by atoms with Gasteiger partial charge in [0.1, 0.15) is 23.2 Å². The lowest BCUT2D eigenvalue weighted by Crippen LogP contribution is -2.53. The van der Waals surface area contributed by atoms with Gasteiger partial charge in [0.25, 0.3) is 0 Å². The summed E-state index contributed by atoms with van der Waals surface area (Å²) < 4.78 is 5.29. The van der Waals surface area contributed by atoms with E-state index >= 15 is 0 Å². The smallest absolute Gasteiger partial charge is 0.224 e. The van der Waals surface area contributed by atoms with Gasteiger partial charge in [-0.25, -0.2) is 9.97 Å². The lowest BCUT2D eigenvalue weighted by Gasteiger charge is -2.55. The zero-order valence-corrected chi connectivity index (χ0v) is 17.6. The molecule has 160 valence electrons. The maximum absolute atomic E-state index is 12.5. The van der Waals surface area contributed by atoms with Crippen LogP contribution in [0.4, 0.5) is 11.8 Å². The molecule has 4 aliphatic rings. The number of nitrogens with zero attached hydrogens (tertiary/aromatic N) is 4. The van der Waals surface area contributed by atoms with E-state index in [4.69, 9.17) is 4.74 Å². The van der Waals surface area contributed by atoms with E-state index < -0.39 is 0 Å². The Morgan fingerprint density at radius 3 is 2.77 bits per heavy atom. The summed E-state index contributed by atoms with van der Waals surface area (Å²) in [5.41, 5.74) is 1.45. The van der Waals surface area contributed by atoms with E-state index in [1.807, 2.05) is 12.1 Å². The fourth-order valence-corrected chi connectivity index (χ4v) is 6.00. The van der Waals surface area contributed by atoms with Crippen LogP contribution in [0.3, 0.4) is 0 Å². The molecular formula is C23H26N6O2. The predicted molar refractivity (Wildman–Crippen MR) is 114 cm³/mol. The van der Waals surface area contributed by atoms with Crippen LogP contribution < -0.4 is 15.4 Å². The monoisotopic (exact) mass is 418 g/mol. The normalized spacial score (nSPS) is 28.3. The lowest BCUT2D eigenvalue weighted by atomic mass is 9.49. The van der Waals surface area contributed by atoms with E-state index in [9.17, 15) is 10.1 Å². The molecule has 4 fully saturated rings. The van der Waals surface area contributed by atoms with Gasteiger partial charge in [-0.3, -0.25) is 4.79 Å². The van der Waals surface area contributed by atoms with Crippen LogP contribution in [0.25, 0.3) is 0 Å². The molecule has 0 amide bonds. The molecule has 31 heavy (non-hydrogen) atoms. The number of anilines is 2. The van der Waals surface area contributed by atoms with Crippen LogP contribution in [0.1, 0.15) is 43.2 Å². The second kappa shape index (κ2) is 7.80. The van der Waals surface area contributed by atoms with Gasteiger partial charge in [0.05, 0.1) is 13.3 Å². The minimum absolute atomic E-state index is 0.138. The summed E-state index contributed by atoms with van der Waals surface area (Å²) in [6.45, 7) is 1.20. The molecule has 4 aliphatic carbocycles. The number of nitrogens with one attached hydrogen (secondary N) is 2. The van der Waals surface area contributed by atoms with Crippen molar-refractivity contribution in [3.8, 4) is 11.9 Å². The van der Waals surface area contributed by atoms with Crippen LogP contribution >= 0.6 is 0 Å². The zero-order valence-electron chi connectivity index (χ0n) is 17.6. The third-order valence-corrected chi connectivity index (χ3v) is 7.14. The minimum atomic E-state index is 0.138. The van der Waals surface area contributed by atoms with Crippen molar-refractivity contribution in [2.75, 3.05) is 24.3 Å². The van der Waals surface area contributed by atoms with Crippen molar-refractivity contribution >= 4 is 17.5 Å². The van der Waals surface area contributed by atoms with Gasteiger partial charge < -0.3 is 15.4 Å². The summed E-state index contributed by atoms with van der Waals surface area (Å²) in [4.78, 5) is 25.5. The molecule has 2 aromatic heterocycles. The number of methoxy groups -OCH3 is 1. The summed E-state index contributed by atoms with van der Waals surface area (Å²) in [5.74, 6) is 3.17. The molecule has 2 N–H and O–H groups in total. The van der Waals surface area contributed by atoms with Gasteiger partial charge in [-0.05, 0) is 49.5 Å². The van der Waals surface area contributed by atoms with Gasteiger partial charge in [-0.2, -0.15) is 10.2 Å². The largest absolute Gasteiger partial charge is 0.481 e. The molecule has 8 nitrogen and oxygen atoms in total. The first kappa shape index (κ1) is 19.7. The highest BCUT2D eigenvalue weighted by atomic mass is 16.5. The molecule has 2 heterocycles. The lowest BCUT2D eigenvalue weighted by molar-refractivity contribution is -0.146. The van der Waals surface area contributed by atoms with Gasteiger partial charge in [-0.1, -0.05) is 6.07 Å². The summed E-state index contributed by atoms with van der Waals surface area (Å²) in [6.07, 6.45) is 8.45. The van der Waals surface area contributed by atoms with Gasteiger partial charge >= 0.3 is 0 Å². The van der Waals surface area contributed by atoms with Gasteiger partial charge in [0.2, 0.25) is 11.8 Å². The van der Waals surface area contributed by atoms with Crippen molar-refractivity contribution in [2.45, 2.75) is 38.6 Å². The highest BCUT2D eigenvalue weighted by molar-refractivity contribution is 5.85. The van der Waals surface area contributed by atoms with Crippen LogP contribution in [-0.4, -0.2) is 34.4 Å². The van der Waals surface area contributed by atoms with E-state index in [1.165, 1.54) is 6.42 Å². The molecule has 0 spiro atoms. The Kier molecular flexibility index (Phi) is 4.97. The average Bonchev–Trinajstić information content (AvgIpc) is 2.79. The standard InChI is InChI=1S/C23H26N6O2/c1-31-21-15(3-2-4-25-21)11-26-22-27-12-18(10-24)20(29-22)28-13-23-7-14-5-16(8-23)19(30)17(6-14)9-23/h2-4,12,14,16-17H,5-9,11,13H2,1H3,(H2,26,27,28,29)/t14?,16-,17+,23?. The Balaban J connectivity index is 1.29. The van der Waals surface area contributed by atoms with Crippen molar-refractivity contribution in [2.24, 2.45) is 23.2 Å². The van der Waals surface area contributed by atoms with E-state index in [0.29, 0.717) is 41.5 Å². The fourth-order valence-electron chi connectivity index (χ4n) is 6.00. The van der Waals surface area contributed by atoms with E-state index in [-0.39, 0.29) is 17.3 Å². The Bertz CT molecular complexity index is 1030. The van der Waals surface area contributed by atoms with Crippen molar-refractivity contribution < 1.29 is 9.53 Å². The maximum atomic E-state index is 12.5. The third-order valence-electron chi connectivity index (χ3n) is 7.14. The molecule has 0 saturated heterocycles. The number of nitriles is 1. The Morgan fingerprint density at radius 1 is 1.23 bits per heavy atom. The molecule has 0 aromatic carbocycles. The first-order chi connectivity index (χ1) is 15.1. The molecule has 8 heteroatoms. The number of hydrogen-bond donors (Lipinski definition) is 2.